The molecule has 1 N–H and O–H groups in total. The lowest BCUT2D eigenvalue weighted by Crippen LogP contribution is -2.37. The Morgan fingerprint density at radius 1 is 1.22 bits per heavy atom. The van der Waals surface area contributed by atoms with Gasteiger partial charge in [0.1, 0.15) is 0 Å². The first-order valence-electron chi connectivity index (χ1n) is 8.21. The van der Waals surface area contributed by atoms with Crippen LogP contribution in [0, 0.1) is 6.92 Å². The molecule has 0 aliphatic carbocycles. The van der Waals surface area contributed by atoms with Gasteiger partial charge in [-0.15, -0.1) is 0 Å². The third-order valence-corrected chi connectivity index (χ3v) is 4.53. The molecular formula is C18H26N2O3. The maximum absolute atomic E-state index is 12.5. The summed E-state index contributed by atoms with van der Waals surface area (Å²) in [7, 11) is 1.85. The number of aliphatic carboxylic acids is 1. The summed E-state index contributed by atoms with van der Waals surface area (Å²) in [5.74, 6) is -0.639. The number of aryl methyl sites for hydroxylation is 1. The summed E-state index contributed by atoms with van der Waals surface area (Å²) in [6.07, 6.45) is 3.14. The highest BCUT2D eigenvalue weighted by Gasteiger charge is 2.23. The van der Waals surface area contributed by atoms with E-state index in [4.69, 9.17) is 5.11 Å². The molecule has 0 spiro atoms. The van der Waals surface area contributed by atoms with Gasteiger partial charge in [-0.2, -0.15) is 0 Å². The van der Waals surface area contributed by atoms with Crippen molar-refractivity contribution in [3.63, 3.8) is 0 Å². The molecule has 5 nitrogen and oxygen atoms in total. The highest BCUT2D eigenvalue weighted by molar-refractivity contribution is 5.78. The highest BCUT2D eigenvalue weighted by atomic mass is 16.4. The van der Waals surface area contributed by atoms with Crippen molar-refractivity contribution in [1.29, 1.82) is 0 Å². The van der Waals surface area contributed by atoms with E-state index in [1.165, 1.54) is 5.56 Å². The Bertz CT molecular complexity index is 542. The van der Waals surface area contributed by atoms with Gasteiger partial charge in [-0.25, -0.2) is 0 Å². The molecule has 126 valence electrons. The number of hydrogen-bond donors (Lipinski definition) is 1. The fraction of sp³-hybridized carbons (Fsp3) is 0.556. The van der Waals surface area contributed by atoms with Gasteiger partial charge >= 0.3 is 5.97 Å². The van der Waals surface area contributed by atoms with E-state index in [0.717, 1.165) is 31.4 Å². The van der Waals surface area contributed by atoms with Crippen LogP contribution in [0.3, 0.4) is 0 Å². The first-order chi connectivity index (χ1) is 11.0. The minimum atomic E-state index is -0.802. The first kappa shape index (κ1) is 17.5. The Kier molecular flexibility index (Phi) is 6.16. The van der Waals surface area contributed by atoms with Crippen LogP contribution in [0.25, 0.3) is 0 Å². The van der Waals surface area contributed by atoms with Crippen molar-refractivity contribution in [2.24, 2.45) is 0 Å². The van der Waals surface area contributed by atoms with Crippen LogP contribution in [0.4, 0.5) is 0 Å². The maximum Gasteiger partial charge on any atom is 0.317 e. The van der Waals surface area contributed by atoms with Gasteiger partial charge in [0.2, 0.25) is 5.91 Å². The number of amides is 1. The van der Waals surface area contributed by atoms with Gasteiger partial charge in [0, 0.05) is 19.1 Å². The van der Waals surface area contributed by atoms with E-state index in [1.54, 1.807) is 0 Å². The standard InChI is InChI=1S/C18H26N2O3/c1-14-5-7-15(8-6-14)12-17(21)20-10-3-4-16(9-11-20)19(2)13-18(22)23/h5-8,16H,3-4,9-13H2,1-2H3,(H,22,23)/t16-/m1/s1. The third-order valence-electron chi connectivity index (χ3n) is 4.53. The molecule has 1 aliphatic rings. The summed E-state index contributed by atoms with van der Waals surface area (Å²) in [5.41, 5.74) is 2.24. The predicted octanol–water partition coefficient (Wildman–Crippen LogP) is 1.94. The Balaban J connectivity index is 1.88. The lowest BCUT2D eigenvalue weighted by molar-refractivity contribution is -0.138. The highest BCUT2D eigenvalue weighted by Crippen LogP contribution is 2.17. The van der Waals surface area contributed by atoms with E-state index >= 15 is 0 Å². The second-order valence-corrected chi connectivity index (χ2v) is 6.44. The van der Waals surface area contributed by atoms with Gasteiger partial charge < -0.3 is 10.0 Å². The fourth-order valence-corrected chi connectivity index (χ4v) is 3.10. The van der Waals surface area contributed by atoms with Gasteiger partial charge in [0.05, 0.1) is 13.0 Å². The molecule has 1 amide bonds. The quantitative estimate of drug-likeness (QED) is 0.901. The van der Waals surface area contributed by atoms with Crippen molar-refractivity contribution in [2.45, 2.75) is 38.6 Å². The number of carboxylic acids is 1. The summed E-state index contributed by atoms with van der Waals surface area (Å²) in [6, 6.07) is 8.32. The third kappa shape index (κ3) is 5.36. The SMILES string of the molecule is Cc1ccc(CC(=O)N2CCC[C@@H](N(C)CC(=O)O)CC2)cc1. The lowest BCUT2D eigenvalue weighted by Gasteiger charge is -2.25. The topological polar surface area (TPSA) is 60.9 Å². The van der Waals surface area contributed by atoms with Crippen molar-refractivity contribution in [3.8, 4) is 0 Å². The number of likely N-dealkylation sites (tertiary alicyclic amines) is 1. The van der Waals surface area contributed by atoms with E-state index in [2.05, 4.69) is 0 Å². The van der Waals surface area contributed by atoms with Crippen molar-refractivity contribution in [2.75, 3.05) is 26.7 Å². The van der Waals surface area contributed by atoms with E-state index in [1.807, 2.05) is 48.0 Å². The number of hydrogen-bond acceptors (Lipinski definition) is 3. The number of likely N-dealkylation sites (N-methyl/N-ethyl adjacent to an activating group) is 1. The number of carbonyl (C=O) groups excluding carboxylic acids is 1. The van der Waals surface area contributed by atoms with Crippen LogP contribution in [0.1, 0.15) is 30.4 Å². The zero-order valence-electron chi connectivity index (χ0n) is 14.0. The molecule has 23 heavy (non-hydrogen) atoms. The number of carbonyl (C=O) groups is 2. The van der Waals surface area contributed by atoms with Crippen LogP contribution in [0.15, 0.2) is 24.3 Å². The van der Waals surface area contributed by atoms with E-state index in [9.17, 15) is 9.59 Å². The summed E-state index contributed by atoms with van der Waals surface area (Å²) >= 11 is 0. The van der Waals surface area contributed by atoms with Gasteiger partial charge in [-0.1, -0.05) is 29.8 Å². The molecule has 0 bridgehead atoms. The summed E-state index contributed by atoms with van der Waals surface area (Å²) in [5, 5.41) is 8.90. The molecule has 0 saturated carbocycles. The minimum Gasteiger partial charge on any atom is -0.480 e. The van der Waals surface area contributed by atoms with Crippen LogP contribution in [0.2, 0.25) is 0 Å². The number of carboxylic acid groups (broad SMARTS) is 1. The Morgan fingerprint density at radius 2 is 1.91 bits per heavy atom. The largest absolute Gasteiger partial charge is 0.480 e. The maximum atomic E-state index is 12.5. The van der Waals surface area contributed by atoms with Crippen LogP contribution in [-0.4, -0.2) is 59.5 Å². The molecular weight excluding hydrogens is 292 g/mol. The Labute approximate surface area is 137 Å². The molecule has 1 aromatic rings. The smallest absolute Gasteiger partial charge is 0.317 e. The predicted molar refractivity (Wildman–Crippen MR) is 89.4 cm³/mol. The van der Waals surface area contributed by atoms with Crippen LogP contribution < -0.4 is 0 Å². The Hall–Kier alpha value is -1.88. The summed E-state index contributed by atoms with van der Waals surface area (Å²) in [6.45, 7) is 3.57. The molecule has 5 heteroatoms. The Morgan fingerprint density at radius 3 is 2.57 bits per heavy atom. The average Bonchev–Trinajstić information content (AvgIpc) is 2.75. The van der Waals surface area contributed by atoms with Crippen LogP contribution >= 0.6 is 0 Å². The zero-order chi connectivity index (χ0) is 16.8. The molecule has 0 unspecified atom stereocenters. The molecule has 0 radical (unpaired) electrons. The van der Waals surface area contributed by atoms with Gasteiger partial charge in [0.15, 0.2) is 0 Å². The molecule has 1 atom stereocenters. The zero-order valence-corrected chi connectivity index (χ0v) is 14.0. The van der Waals surface area contributed by atoms with E-state index in [-0.39, 0.29) is 18.5 Å². The van der Waals surface area contributed by atoms with Gasteiger partial charge in [-0.3, -0.25) is 14.5 Å². The monoisotopic (exact) mass is 318 g/mol. The molecule has 0 aromatic heterocycles. The van der Waals surface area contributed by atoms with Crippen LogP contribution in [0.5, 0.6) is 0 Å². The van der Waals surface area contributed by atoms with Crippen molar-refractivity contribution in [3.05, 3.63) is 35.4 Å². The van der Waals surface area contributed by atoms with Crippen LogP contribution in [-0.2, 0) is 16.0 Å². The second kappa shape index (κ2) is 8.11. The van der Waals surface area contributed by atoms with Crippen molar-refractivity contribution >= 4 is 11.9 Å². The van der Waals surface area contributed by atoms with Crippen molar-refractivity contribution < 1.29 is 14.7 Å². The molecule has 2 rings (SSSR count). The minimum absolute atomic E-state index is 0.0575. The van der Waals surface area contributed by atoms with E-state index < -0.39 is 5.97 Å². The van der Waals surface area contributed by atoms with Crippen molar-refractivity contribution in [1.82, 2.24) is 9.80 Å². The normalized spacial score (nSPS) is 18.7. The number of nitrogens with zero attached hydrogens (tertiary/aromatic N) is 2. The fourth-order valence-electron chi connectivity index (χ4n) is 3.10. The molecule has 1 aromatic carbocycles. The number of rotatable bonds is 5. The van der Waals surface area contributed by atoms with Gasteiger partial charge in [-0.05, 0) is 38.8 Å². The number of benzene rings is 1. The molecule has 1 fully saturated rings. The summed E-state index contributed by atoms with van der Waals surface area (Å²) < 4.78 is 0. The second-order valence-electron chi connectivity index (χ2n) is 6.44. The molecule has 1 aliphatic heterocycles. The molecule has 1 saturated heterocycles. The molecule has 1 heterocycles. The van der Waals surface area contributed by atoms with Gasteiger partial charge in [0.25, 0.3) is 0 Å². The summed E-state index contributed by atoms with van der Waals surface area (Å²) in [4.78, 5) is 27.1. The lowest BCUT2D eigenvalue weighted by atomic mass is 10.1. The van der Waals surface area contributed by atoms with E-state index in [0.29, 0.717) is 13.0 Å². The first-order valence-corrected chi connectivity index (χ1v) is 8.21. The average molecular weight is 318 g/mol.